The SMILES string of the molecule is CC1=C(c2cc(O)cc(F)c2)C(c2ccc(/C=C\CN3CC[C@@H](C)C3)cc2)Oc2ccc(O)cc21. The van der Waals surface area contributed by atoms with E-state index in [1.807, 2.05) is 19.1 Å². The maximum Gasteiger partial charge on any atom is 0.150 e. The number of allylic oxidation sites excluding steroid dienone is 1. The van der Waals surface area contributed by atoms with Gasteiger partial charge in [0.2, 0.25) is 0 Å². The zero-order valence-corrected chi connectivity index (χ0v) is 20.0. The summed E-state index contributed by atoms with van der Waals surface area (Å²) < 4.78 is 20.6. The predicted molar refractivity (Wildman–Crippen MR) is 138 cm³/mol. The number of hydrogen-bond acceptors (Lipinski definition) is 4. The smallest absolute Gasteiger partial charge is 0.150 e. The Kier molecular flexibility index (Phi) is 6.35. The van der Waals surface area contributed by atoms with Crippen LogP contribution in [0.4, 0.5) is 4.39 Å². The fourth-order valence-electron chi connectivity index (χ4n) is 5.09. The molecule has 1 saturated heterocycles. The second kappa shape index (κ2) is 9.59. The van der Waals surface area contributed by atoms with Gasteiger partial charge in [0.25, 0.3) is 0 Å². The molecule has 0 bridgehead atoms. The Labute approximate surface area is 205 Å². The van der Waals surface area contributed by atoms with Crippen molar-refractivity contribution in [3.8, 4) is 17.2 Å². The van der Waals surface area contributed by atoms with Gasteiger partial charge in [0.15, 0.2) is 0 Å². The number of hydrogen-bond donors (Lipinski definition) is 2. The van der Waals surface area contributed by atoms with Crippen LogP contribution in [-0.4, -0.2) is 34.7 Å². The van der Waals surface area contributed by atoms with E-state index in [4.69, 9.17) is 4.74 Å². The van der Waals surface area contributed by atoms with Crippen molar-refractivity contribution in [2.75, 3.05) is 19.6 Å². The van der Waals surface area contributed by atoms with Crippen molar-refractivity contribution >= 4 is 17.2 Å². The molecule has 2 aliphatic rings. The van der Waals surface area contributed by atoms with Crippen molar-refractivity contribution in [3.63, 3.8) is 0 Å². The van der Waals surface area contributed by atoms with E-state index >= 15 is 0 Å². The molecule has 2 aliphatic heterocycles. The van der Waals surface area contributed by atoms with Crippen LogP contribution in [0.25, 0.3) is 17.2 Å². The Morgan fingerprint density at radius 2 is 1.83 bits per heavy atom. The minimum Gasteiger partial charge on any atom is -0.508 e. The molecule has 3 aromatic rings. The average Bonchev–Trinajstić information content (AvgIpc) is 3.24. The molecule has 5 rings (SSSR count). The van der Waals surface area contributed by atoms with Crippen molar-refractivity contribution in [3.05, 3.63) is 94.8 Å². The third kappa shape index (κ3) is 4.96. The van der Waals surface area contributed by atoms with Gasteiger partial charge in [-0.25, -0.2) is 4.39 Å². The summed E-state index contributed by atoms with van der Waals surface area (Å²) in [6.07, 6.45) is 5.12. The van der Waals surface area contributed by atoms with E-state index in [1.165, 1.54) is 12.5 Å². The van der Waals surface area contributed by atoms with E-state index in [0.717, 1.165) is 59.5 Å². The van der Waals surface area contributed by atoms with E-state index in [2.05, 4.69) is 36.1 Å². The molecule has 0 saturated carbocycles. The molecule has 0 radical (unpaired) electrons. The van der Waals surface area contributed by atoms with Crippen LogP contribution in [0.3, 0.4) is 0 Å². The fourth-order valence-corrected chi connectivity index (χ4v) is 5.09. The summed E-state index contributed by atoms with van der Waals surface area (Å²) in [5.74, 6) is 0.893. The first-order valence-corrected chi connectivity index (χ1v) is 12.1. The molecule has 35 heavy (non-hydrogen) atoms. The lowest BCUT2D eigenvalue weighted by Crippen LogP contribution is -2.19. The van der Waals surface area contributed by atoms with Crippen LogP contribution >= 0.6 is 0 Å². The van der Waals surface area contributed by atoms with Gasteiger partial charge in [-0.1, -0.05) is 43.3 Å². The summed E-state index contributed by atoms with van der Waals surface area (Å²) >= 11 is 0. The minimum atomic E-state index is -0.520. The lowest BCUT2D eigenvalue weighted by molar-refractivity contribution is 0.259. The predicted octanol–water partition coefficient (Wildman–Crippen LogP) is 6.66. The van der Waals surface area contributed by atoms with Crippen molar-refractivity contribution in [2.45, 2.75) is 26.4 Å². The molecule has 180 valence electrons. The highest BCUT2D eigenvalue weighted by molar-refractivity contribution is 5.96. The van der Waals surface area contributed by atoms with Crippen LogP contribution in [0.2, 0.25) is 0 Å². The molecule has 1 unspecified atom stereocenters. The number of benzene rings is 3. The highest BCUT2D eigenvalue weighted by Crippen LogP contribution is 2.47. The Morgan fingerprint density at radius 3 is 2.54 bits per heavy atom. The van der Waals surface area contributed by atoms with Gasteiger partial charge < -0.3 is 14.9 Å². The Morgan fingerprint density at radius 1 is 1.03 bits per heavy atom. The van der Waals surface area contributed by atoms with Gasteiger partial charge in [-0.05, 0) is 78.4 Å². The van der Waals surface area contributed by atoms with Crippen LogP contribution in [-0.2, 0) is 0 Å². The van der Waals surface area contributed by atoms with E-state index in [-0.39, 0.29) is 11.5 Å². The highest BCUT2D eigenvalue weighted by atomic mass is 19.1. The highest BCUT2D eigenvalue weighted by Gasteiger charge is 2.30. The Hall–Kier alpha value is -3.57. The standard InChI is InChI=1S/C30H30FNO3/c1-19-11-13-32(18-19)12-3-4-21-5-7-22(8-6-21)30-29(23-14-24(31)16-26(34)15-23)20(2)27-17-25(33)9-10-28(27)35-30/h3-10,14-17,19,30,33-34H,11-13,18H2,1-2H3/b4-3-/t19-,30?/m1/s1. The molecule has 2 heterocycles. The van der Waals surface area contributed by atoms with Gasteiger partial charge in [-0.15, -0.1) is 0 Å². The monoisotopic (exact) mass is 471 g/mol. The van der Waals surface area contributed by atoms with E-state index in [0.29, 0.717) is 11.3 Å². The number of aromatic hydroxyl groups is 2. The molecule has 4 nitrogen and oxygen atoms in total. The number of ether oxygens (including phenoxy) is 1. The van der Waals surface area contributed by atoms with Crippen LogP contribution in [0.5, 0.6) is 17.2 Å². The summed E-state index contributed by atoms with van der Waals surface area (Å²) in [6, 6.07) is 17.2. The molecule has 0 amide bonds. The lowest BCUT2D eigenvalue weighted by atomic mass is 9.86. The molecule has 0 aliphatic carbocycles. The molecule has 1 fully saturated rings. The molecular formula is C30H30FNO3. The van der Waals surface area contributed by atoms with Crippen LogP contribution < -0.4 is 4.74 Å². The molecule has 3 aromatic carbocycles. The first-order chi connectivity index (χ1) is 16.9. The fraction of sp³-hybridized carbons (Fsp3) is 0.267. The van der Waals surface area contributed by atoms with E-state index < -0.39 is 11.9 Å². The molecule has 2 N–H and O–H groups in total. The molecule has 2 atom stereocenters. The maximum atomic E-state index is 14.2. The van der Waals surface area contributed by atoms with Gasteiger partial charge in [0.05, 0.1) is 0 Å². The lowest BCUT2D eigenvalue weighted by Gasteiger charge is -2.31. The zero-order valence-electron chi connectivity index (χ0n) is 20.0. The number of likely N-dealkylation sites (tertiary alicyclic amines) is 1. The van der Waals surface area contributed by atoms with Gasteiger partial charge in [-0.2, -0.15) is 0 Å². The third-order valence-corrected chi connectivity index (χ3v) is 6.89. The zero-order chi connectivity index (χ0) is 24.5. The van der Waals surface area contributed by atoms with Crippen LogP contribution in [0, 0.1) is 11.7 Å². The van der Waals surface area contributed by atoms with Crippen molar-refractivity contribution in [2.24, 2.45) is 5.92 Å². The normalized spacial score (nSPS) is 20.3. The van der Waals surface area contributed by atoms with Gasteiger partial charge >= 0.3 is 0 Å². The summed E-state index contributed by atoms with van der Waals surface area (Å²) in [6.45, 7) is 7.50. The van der Waals surface area contributed by atoms with Gasteiger partial charge in [-0.3, -0.25) is 4.90 Å². The van der Waals surface area contributed by atoms with Crippen molar-refractivity contribution in [1.29, 1.82) is 0 Å². The first-order valence-electron chi connectivity index (χ1n) is 12.1. The van der Waals surface area contributed by atoms with Crippen LogP contribution in [0.1, 0.15) is 48.6 Å². The molecule has 0 spiro atoms. The molecule has 5 heteroatoms. The number of phenolic OH excluding ortho intramolecular Hbond substituents is 2. The third-order valence-electron chi connectivity index (χ3n) is 6.89. The van der Waals surface area contributed by atoms with Crippen molar-refractivity contribution < 1.29 is 19.3 Å². The summed E-state index contributed by atoms with van der Waals surface area (Å²) in [4.78, 5) is 2.47. The maximum absolute atomic E-state index is 14.2. The Balaban J connectivity index is 1.46. The first kappa shape index (κ1) is 23.2. The largest absolute Gasteiger partial charge is 0.508 e. The summed E-state index contributed by atoms with van der Waals surface area (Å²) in [7, 11) is 0. The Bertz CT molecular complexity index is 1280. The minimum absolute atomic E-state index is 0.131. The molecule has 0 aromatic heterocycles. The number of nitrogens with zero attached hydrogens (tertiary/aromatic N) is 1. The average molecular weight is 472 g/mol. The van der Waals surface area contributed by atoms with E-state index in [1.54, 1.807) is 24.3 Å². The summed E-state index contributed by atoms with van der Waals surface area (Å²) in [5, 5.41) is 20.1. The quantitative estimate of drug-likeness (QED) is 0.437. The van der Waals surface area contributed by atoms with Crippen molar-refractivity contribution in [1.82, 2.24) is 4.90 Å². The molecular weight excluding hydrogens is 441 g/mol. The summed E-state index contributed by atoms with van der Waals surface area (Å²) in [5.41, 5.74) is 4.93. The van der Waals surface area contributed by atoms with E-state index in [9.17, 15) is 14.6 Å². The van der Waals surface area contributed by atoms with Gasteiger partial charge in [0.1, 0.15) is 29.2 Å². The number of phenols is 2. The number of rotatable bonds is 5. The second-order valence-corrected chi connectivity index (χ2v) is 9.64. The number of halogens is 1. The van der Waals surface area contributed by atoms with Gasteiger partial charge in [0, 0.05) is 30.3 Å². The second-order valence-electron chi connectivity index (χ2n) is 9.64. The topological polar surface area (TPSA) is 52.9 Å². The number of fused-ring (bicyclic) bond motifs is 1. The van der Waals surface area contributed by atoms with Crippen LogP contribution in [0.15, 0.2) is 66.7 Å².